The van der Waals surface area contributed by atoms with Crippen molar-refractivity contribution >= 4 is 5.91 Å². The van der Waals surface area contributed by atoms with Crippen molar-refractivity contribution in [2.45, 2.75) is 39.0 Å². The molecule has 1 unspecified atom stereocenters. The first kappa shape index (κ1) is 15.7. The molecule has 0 aliphatic carbocycles. The minimum absolute atomic E-state index is 0.0374. The molecule has 0 spiro atoms. The average molecular weight is 262 g/mol. The molecule has 19 heavy (non-hydrogen) atoms. The van der Waals surface area contributed by atoms with Gasteiger partial charge in [0.1, 0.15) is 0 Å². The molecule has 1 rings (SSSR count). The second kappa shape index (κ2) is 8.70. The first-order valence-corrected chi connectivity index (χ1v) is 7.28. The number of nitrogens with zero attached hydrogens (tertiary/aromatic N) is 1. The Balaban J connectivity index is 2.80. The van der Waals surface area contributed by atoms with Crippen LogP contribution in [0.5, 0.6) is 0 Å². The Kier molecular flexibility index (Phi) is 7.19. The number of benzene rings is 1. The van der Waals surface area contributed by atoms with Gasteiger partial charge in [-0.25, -0.2) is 0 Å². The molecule has 0 heterocycles. The Labute approximate surface area is 116 Å². The molecule has 0 bridgehead atoms. The molecule has 0 saturated heterocycles. The molecule has 0 saturated carbocycles. The topological polar surface area (TPSA) is 46.3 Å². The largest absolute Gasteiger partial charge is 0.341 e. The van der Waals surface area contributed by atoms with Crippen LogP contribution in [-0.4, -0.2) is 30.4 Å². The molecule has 1 amide bonds. The Morgan fingerprint density at radius 2 is 1.89 bits per heavy atom. The molecule has 0 radical (unpaired) electrons. The monoisotopic (exact) mass is 262 g/mol. The van der Waals surface area contributed by atoms with E-state index in [9.17, 15) is 4.79 Å². The average Bonchev–Trinajstić information content (AvgIpc) is 2.45. The Bertz CT molecular complexity index is 364. The van der Waals surface area contributed by atoms with E-state index < -0.39 is 0 Å². The predicted octanol–water partition coefficient (Wildman–Crippen LogP) is 2.77. The van der Waals surface area contributed by atoms with Gasteiger partial charge < -0.3 is 10.6 Å². The number of unbranched alkanes of at least 4 members (excludes halogenated alkanes) is 1. The molecular weight excluding hydrogens is 236 g/mol. The van der Waals surface area contributed by atoms with Gasteiger partial charge in [-0.05, 0) is 18.4 Å². The lowest BCUT2D eigenvalue weighted by atomic mass is 9.95. The van der Waals surface area contributed by atoms with Crippen molar-refractivity contribution < 1.29 is 4.79 Å². The fourth-order valence-corrected chi connectivity index (χ4v) is 2.30. The van der Waals surface area contributed by atoms with Gasteiger partial charge in [-0.15, -0.1) is 0 Å². The van der Waals surface area contributed by atoms with E-state index in [1.807, 2.05) is 35.2 Å². The van der Waals surface area contributed by atoms with Gasteiger partial charge in [0.25, 0.3) is 0 Å². The standard InChI is InChI=1S/C16H26N2O/c1-3-5-12-18(13-11-17)16(19)15(4-2)14-9-7-6-8-10-14/h6-10,15H,3-5,11-13,17H2,1-2H3. The van der Waals surface area contributed by atoms with Gasteiger partial charge in [-0.3, -0.25) is 4.79 Å². The normalized spacial score (nSPS) is 12.2. The van der Waals surface area contributed by atoms with Crippen LogP contribution in [0.25, 0.3) is 0 Å². The number of amides is 1. The number of hydrogen-bond donors (Lipinski definition) is 1. The van der Waals surface area contributed by atoms with Crippen LogP contribution >= 0.6 is 0 Å². The number of carbonyl (C=O) groups excluding carboxylic acids is 1. The zero-order valence-corrected chi connectivity index (χ0v) is 12.1. The number of carbonyl (C=O) groups is 1. The van der Waals surface area contributed by atoms with Crippen molar-refractivity contribution in [2.75, 3.05) is 19.6 Å². The summed E-state index contributed by atoms with van der Waals surface area (Å²) < 4.78 is 0. The lowest BCUT2D eigenvalue weighted by Gasteiger charge is -2.26. The van der Waals surface area contributed by atoms with E-state index in [2.05, 4.69) is 13.8 Å². The van der Waals surface area contributed by atoms with Crippen molar-refractivity contribution in [3.63, 3.8) is 0 Å². The summed E-state index contributed by atoms with van der Waals surface area (Å²) in [5, 5.41) is 0. The SMILES string of the molecule is CCCCN(CCN)C(=O)C(CC)c1ccccc1. The molecule has 106 valence electrons. The molecule has 3 nitrogen and oxygen atoms in total. The maximum atomic E-state index is 12.6. The van der Waals surface area contributed by atoms with Gasteiger partial charge in [0.2, 0.25) is 5.91 Å². The van der Waals surface area contributed by atoms with Crippen LogP contribution in [0.2, 0.25) is 0 Å². The maximum Gasteiger partial charge on any atom is 0.230 e. The van der Waals surface area contributed by atoms with Gasteiger partial charge in [-0.1, -0.05) is 50.6 Å². The van der Waals surface area contributed by atoms with E-state index >= 15 is 0 Å². The molecule has 2 N–H and O–H groups in total. The third-order valence-electron chi connectivity index (χ3n) is 3.40. The van der Waals surface area contributed by atoms with Gasteiger partial charge in [0, 0.05) is 19.6 Å². The van der Waals surface area contributed by atoms with E-state index in [4.69, 9.17) is 5.73 Å². The summed E-state index contributed by atoms with van der Waals surface area (Å²) in [7, 11) is 0. The first-order valence-electron chi connectivity index (χ1n) is 7.28. The smallest absolute Gasteiger partial charge is 0.230 e. The third-order valence-corrected chi connectivity index (χ3v) is 3.40. The second-order valence-corrected chi connectivity index (χ2v) is 4.84. The molecule has 3 heteroatoms. The van der Waals surface area contributed by atoms with E-state index in [0.29, 0.717) is 13.1 Å². The Hall–Kier alpha value is -1.35. The summed E-state index contributed by atoms with van der Waals surface area (Å²) in [6, 6.07) is 10.0. The van der Waals surface area contributed by atoms with Crippen LogP contribution in [-0.2, 0) is 4.79 Å². The van der Waals surface area contributed by atoms with E-state index in [1.165, 1.54) is 0 Å². The molecule has 0 aliphatic rings. The van der Waals surface area contributed by atoms with Crippen LogP contribution in [0.3, 0.4) is 0 Å². The summed E-state index contributed by atoms with van der Waals surface area (Å²) in [6.07, 6.45) is 2.96. The Morgan fingerprint density at radius 3 is 2.42 bits per heavy atom. The van der Waals surface area contributed by atoms with E-state index in [-0.39, 0.29) is 11.8 Å². The minimum Gasteiger partial charge on any atom is -0.341 e. The van der Waals surface area contributed by atoms with Gasteiger partial charge in [0.05, 0.1) is 5.92 Å². The van der Waals surface area contributed by atoms with Crippen molar-refractivity contribution in [3.05, 3.63) is 35.9 Å². The van der Waals surface area contributed by atoms with Crippen LogP contribution in [0.4, 0.5) is 0 Å². The maximum absolute atomic E-state index is 12.6. The van der Waals surface area contributed by atoms with Crippen LogP contribution in [0, 0.1) is 0 Å². The summed E-state index contributed by atoms with van der Waals surface area (Å²) >= 11 is 0. The zero-order valence-electron chi connectivity index (χ0n) is 12.1. The summed E-state index contributed by atoms with van der Waals surface area (Å²) in [4.78, 5) is 14.6. The molecule has 1 aromatic rings. The van der Waals surface area contributed by atoms with Crippen LogP contribution in [0.1, 0.15) is 44.6 Å². The highest BCUT2D eigenvalue weighted by Gasteiger charge is 2.23. The highest BCUT2D eigenvalue weighted by atomic mass is 16.2. The van der Waals surface area contributed by atoms with Gasteiger partial charge >= 0.3 is 0 Å². The van der Waals surface area contributed by atoms with Gasteiger partial charge in [0.15, 0.2) is 0 Å². The van der Waals surface area contributed by atoms with Crippen molar-refractivity contribution in [2.24, 2.45) is 5.73 Å². The molecule has 0 fully saturated rings. The van der Waals surface area contributed by atoms with Crippen LogP contribution < -0.4 is 5.73 Å². The van der Waals surface area contributed by atoms with Crippen LogP contribution in [0.15, 0.2) is 30.3 Å². The first-order chi connectivity index (χ1) is 9.24. The zero-order chi connectivity index (χ0) is 14.1. The lowest BCUT2D eigenvalue weighted by Crippen LogP contribution is -2.39. The summed E-state index contributed by atoms with van der Waals surface area (Å²) in [6.45, 7) is 6.20. The quantitative estimate of drug-likeness (QED) is 0.783. The van der Waals surface area contributed by atoms with E-state index in [1.54, 1.807) is 0 Å². The molecule has 1 atom stereocenters. The fraction of sp³-hybridized carbons (Fsp3) is 0.562. The van der Waals surface area contributed by atoms with Crippen molar-refractivity contribution in [1.29, 1.82) is 0 Å². The van der Waals surface area contributed by atoms with Gasteiger partial charge in [-0.2, -0.15) is 0 Å². The predicted molar refractivity (Wildman–Crippen MR) is 80.0 cm³/mol. The van der Waals surface area contributed by atoms with E-state index in [0.717, 1.165) is 31.4 Å². The highest BCUT2D eigenvalue weighted by molar-refractivity contribution is 5.83. The van der Waals surface area contributed by atoms with Crippen molar-refractivity contribution in [1.82, 2.24) is 4.90 Å². The number of hydrogen-bond acceptors (Lipinski definition) is 2. The highest BCUT2D eigenvalue weighted by Crippen LogP contribution is 2.22. The minimum atomic E-state index is -0.0374. The summed E-state index contributed by atoms with van der Waals surface area (Å²) in [5.74, 6) is 0.178. The van der Waals surface area contributed by atoms with Crippen molar-refractivity contribution in [3.8, 4) is 0 Å². The Morgan fingerprint density at radius 1 is 1.21 bits per heavy atom. The summed E-state index contributed by atoms with van der Waals surface area (Å²) in [5.41, 5.74) is 6.73. The molecule has 0 aliphatic heterocycles. The molecule has 0 aromatic heterocycles. The molecule has 1 aromatic carbocycles. The fourth-order valence-electron chi connectivity index (χ4n) is 2.30. The number of rotatable bonds is 8. The number of nitrogens with two attached hydrogens (primary N) is 1. The third kappa shape index (κ3) is 4.67. The molecular formula is C16H26N2O. The lowest BCUT2D eigenvalue weighted by molar-refractivity contribution is -0.132. The second-order valence-electron chi connectivity index (χ2n) is 4.84.